The van der Waals surface area contributed by atoms with E-state index in [2.05, 4.69) is 11.6 Å². The maximum atomic E-state index is 14.1. The van der Waals surface area contributed by atoms with Gasteiger partial charge in [-0.25, -0.2) is 4.79 Å². The zero-order chi connectivity index (χ0) is 24.3. The van der Waals surface area contributed by atoms with E-state index < -0.39 is 41.4 Å². The van der Waals surface area contributed by atoms with Crippen LogP contribution in [0.15, 0.2) is 66.2 Å². The highest BCUT2D eigenvalue weighted by Crippen LogP contribution is 2.48. The van der Waals surface area contributed by atoms with Gasteiger partial charge in [-0.1, -0.05) is 55.1 Å². The molecule has 32 heavy (non-hydrogen) atoms. The summed E-state index contributed by atoms with van der Waals surface area (Å²) in [5.74, 6) is -12.5. The minimum atomic E-state index is -6.45. The first-order valence-electron chi connectivity index (χ1n) is 9.09. The monoisotopic (exact) mass is 461 g/mol. The van der Waals surface area contributed by atoms with Crippen molar-refractivity contribution in [3.8, 4) is 11.1 Å². The van der Waals surface area contributed by atoms with Gasteiger partial charge in [0.2, 0.25) is 0 Å². The Kier molecular flexibility index (Phi) is 7.16. The van der Waals surface area contributed by atoms with Crippen molar-refractivity contribution in [3.05, 3.63) is 72.3 Å². The summed E-state index contributed by atoms with van der Waals surface area (Å²) in [6.45, 7) is 4.95. The number of ether oxygens (including phenoxy) is 1. The van der Waals surface area contributed by atoms with Crippen molar-refractivity contribution in [2.45, 2.75) is 31.0 Å². The number of halogens is 7. The Hall–Kier alpha value is -3.17. The van der Waals surface area contributed by atoms with E-state index in [-0.39, 0.29) is 0 Å². The molecule has 2 aromatic carbocycles. The third-order valence-corrected chi connectivity index (χ3v) is 4.60. The van der Waals surface area contributed by atoms with Crippen LogP contribution in [0.1, 0.15) is 24.2 Å². The second kappa shape index (κ2) is 9.13. The average Bonchev–Trinajstić information content (AvgIpc) is 2.73. The fourth-order valence-electron chi connectivity index (χ4n) is 2.84. The average molecular weight is 461 g/mol. The Morgan fingerprint density at radius 3 is 1.81 bits per heavy atom. The van der Waals surface area contributed by atoms with Crippen molar-refractivity contribution in [1.29, 1.82) is 0 Å². The van der Waals surface area contributed by atoms with Gasteiger partial charge in [0.1, 0.15) is 11.8 Å². The molecule has 0 heterocycles. The van der Waals surface area contributed by atoms with Gasteiger partial charge >= 0.3 is 24.0 Å². The van der Waals surface area contributed by atoms with Crippen LogP contribution in [0.2, 0.25) is 0 Å². The first kappa shape index (κ1) is 25.1. The minimum Gasteiger partial charge on any atom is -0.455 e. The lowest BCUT2D eigenvalue weighted by atomic mass is 9.96. The van der Waals surface area contributed by atoms with E-state index in [1.807, 2.05) is 0 Å². The summed E-state index contributed by atoms with van der Waals surface area (Å²) in [6, 6.07) is 11.1. The summed E-state index contributed by atoms with van der Waals surface area (Å²) in [4.78, 5) is 14.3. The number of aliphatic imine (C=N–C) groups is 1. The fourth-order valence-corrected chi connectivity index (χ4v) is 2.84. The molecule has 0 bridgehead atoms. The maximum absolute atomic E-state index is 14.1. The molecule has 0 saturated carbocycles. The predicted molar refractivity (Wildman–Crippen MR) is 105 cm³/mol. The normalized spacial score (nSPS) is 14.1. The molecule has 0 aliphatic heterocycles. The van der Waals surface area contributed by atoms with E-state index in [9.17, 15) is 35.5 Å². The molecular formula is C22H18F7NO2. The van der Waals surface area contributed by atoms with Crippen LogP contribution in [-0.2, 0) is 9.53 Å². The number of hydrogen-bond acceptors (Lipinski definition) is 3. The molecule has 0 aliphatic rings. The molecule has 0 saturated heterocycles. The summed E-state index contributed by atoms with van der Waals surface area (Å²) >= 11 is 0. The van der Waals surface area contributed by atoms with Crippen molar-refractivity contribution in [2.24, 2.45) is 4.99 Å². The Morgan fingerprint density at radius 1 is 0.938 bits per heavy atom. The number of carbonyl (C=O) groups excluding carboxylic acids is 1. The van der Waals surface area contributed by atoms with Crippen LogP contribution < -0.4 is 0 Å². The smallest absolute Gasteiger partial charge is 0.455 e. The molecule has 10 heteroatoms. The number of hydrogen-bond donors (Lipinski definition) is 0. The summed E-state index contributed by atoms with van der Waals surface area (Å²) < 4.78 is 97.5. The number of rotatable bonds is 7. The lowest BCUT2D eigenvalue weighted by Crippen LogP contribution is -2.56. The number of benzene rings is 2. The van der Waals surface area contributed by atoms with Crippen LogP contribution in [0.4, 0.5) is 30.7 Å². The number of esters is 1. The second-order valence-electron chi connectivity index (χ2n) is 6.70. The molecule has 2 aromatic rings. The Labute approximate surface area is 179 Å². The summed E-state index contributed by atoms with van der Waals surface area (Å²) in [6.07, 6.45) is -5.99. The summed E-state index contributed by atoms with van der Waals surface area (Å²) in [5, 5.41) is 0. The first-order valence-corrected chi connectivity index (χ1v) is 9.09. The standard InChI is InChI=1S/C22H18F7NO2/c1-4-18(31)32-13(2)14-5-7-15(8-6-14)16-9-11-17(12-10-16)19(30-3)20(23,24)21(25,26)22(27,28)29/h4-13H,1H2,2-3H3/b30-19-. The SMILES string of the molecule is C=CC(=O)OC(C)c1ccc(-c2ccc(/C(=N/C)C(F)(F)C(F)(F)C(F)(F)F)cc2)cc1. The van der Waals surface area contributed by atoms with Gasteiger partial charge in [0.15, 0.2) is 0 Å². The molecule has 0 N–H and O–H groups in total. The summed E-state index contributed by atoms with van der Waals surface area (Å²) in [7, 11) is 0.711. The molecule has 3 nitrogen and oxygen atoms in total. The van der Waals surface area contributed by atoms with Gasteiger partial charge in [0.05, 0.1) is 0 Å². The Bertz CT molecular complexity index is 994. The van der Waals surface area contributed by atoms with Crippen LogP contribution in [0, 0.1) is 0 Å². The highest BCUT2D eigenvalue weighted by Gasteiger charge is 2.74. The van der Waals surface area contributed by atoms with E-state index in [0.29, 0.717) is 23.7 Å². The molecule has 0 fully saturated rings. The largest absolute Gasteiger partial charge is 0.460 e. The van der Waals surface area contributed by atoms with E-state index in [1.165, 1.54) is 12.1 Å². The summed E-state index contributed by atoms with van der Waals surface area (Å²) in [5.41, 5.74) is -0.511. The van der Waals surface area contributed by atoms with E-state index >= 15 is 0 Å². The third kappa shape index (κ3) is 4.84. The third-order valence-electron chi connectivity index (χ3n) is 4.60. The predicted octanol–water partition coefficient (Wildman–Crippen LogP) is 6.40. The number of nitrogens with zero attached hydrogens (tertiary/aromatic N) is 1. The zero-order valence-electron chi connectivity index (χ0n) is 16.9. The molecule has 0 radical (unpaired) electrons. The molecule has 0 aromatic heterocycles. The number of alkyl halides is 7. The lowest BCUT2D eigenvalue weighted by molar-refractivity contribution is -0.336. The van der Waals surface area contributed by atoms with Crippen LogP contribution in [-0.4, -0.2) is 36.8 Å². The zero-order valence-corrected chi connectivity index (χ0v) is 16.9. The van der Waals surface area contributed by atoms with Gasteiger partial charge in [-0.2, -0.15) is 30.7 Å². The molecular weight excluding hydrogens is 443 g/mol. The minimum absolute atomic E-state index is 0.484. The van der Waals surface area contributed by atoms with Gasteiger partial charge in [-0.15, -0.1) is 0 Å². The molecule has 172 valence electrons. The molecule has 1 unspecified atom stereocenters. The van der Waals surface area contributed by atoms with E-state index in [0.717, 1.165) is 18.2 Å². The van der Waals surface area contributed by atoms with Crippen LogP contribution in [0.3, 0.4) is 0 Å². The van der Waals surface area contributed by atoms with Gasteiger partial charge in [-0.05, 0) is 23.6 Å². The van der Waals surface area contributed by atoms with Crippen molar-refractivity contribution in [2.75, 3.05) is 7.05 Å². The quantitative estimate of drug-likeness (QED) is 0.207. The fraction of sp³-hybridized carbons (Fsp3) is 0.273. The van der Waals surface area contributed by atoms with E-state index in [4.69, 9.17) is 4.74 Å². The highest BCUT2D eigenvalue weighted by atomic mass is 19.4. The molecule has 0 amide bonds. The topological polar surface area (TPSA) is 38.7 Å². The van der Waals surface area contributed by atoms with Crippen molar-refractivity contribution >= 4 is 11.7 Å². The lowest BCUT2D eigenvalue weighted by Gasteiger charge is -2.29. The molecule has 2 rings (SSSR count). The maximum Gasteiger partial charge on any atom is 0.460 e. The van der Waals surface area contributed by atoms with Crippen molar-refractivity contribution < 1.29 is 40.3 Å². The van der Waals surface area contributed by atoms with Crippen molar-refractivity contribution in [3.63, 3.8) is 0 Å². The van der Waals surface area contributed by atoms with Crippen LogP contribution in [0.25, 0.3) is 11.1 Å². The molecule has 0 aliphatic carbocycles. The second-order valence-corrected chi connectivity index (χ2v) is 6.70. The Balaban J connectivity index is 2.29. The van der Waals surface area contributed by atoms with Crippen LogP contribution in [0.5, 0.6) is 0 Å². The van der Waals surface area contributed by atoms with Gasteiger partial charge < -0.3 is 4.74 Å². The van der Waals surface area contributed by atoms with E-state index in [1.54, 1.807) is 31.2 Å². The van der Waals surface area contributed by atoms with Gasteiger partial charge in [-0.3, -0.25) is 4.99 Å². The first-order chi connectivity index (χ1) is 14.8. The Morgan fingerprint density at radius 2 is 1.41 bits per heavy atom. The van der Waals surface area contributed by atoms with Gasteiger partial charge in [0.25, 0.3) is 0 Å². The molecule has 1 atom stereocenters. The van der Waals surface area contributed by atoms with Crippen molar-refractivity contribution in [1.82, 2.24) is 0 Å². The van der Waals surface area contributed by atoms with Gasteiger partial charge in [0, 0.05) is 18.7 Å². The van der Waals surface area contributed by atoms with Crippen LogP contribution >= 0.6 is 0 Å². The molecule has 0 spiro atoms. The number of carbonyl (C=O) groups is 1. The highest BCUT2D eigenvalue weighted by molar-refractivity contribution is 6.06.